The van der Waals surface area contributed by atoms with E-state index < -0.39 is 0 Å². The fourth-order valence-corrected chi connectivity index (χ4v) is 4.29. The van der Waals surface area contributed by atoms with Crippen LogP contribution in [0.5, 0.6) is 0 Å². The van der Waals surface area contributed by atoms with E-state index in [1.165, 1.54) is 0 Å². The third-order valence-corrected chi connectivity index (χ3v) is 6.01. The summed E-state index contributed by atoms with van der Waals surface area (Å²) < 4.78 is 1.84. The number of nitrogens with one attached hydrogen (secondary N) is 1. The zero-order valence-electron chi connectivity index (χ0n) is 17.5. The smallest absolute Gasteiger partial charge is 0.240 e. The molecule has 4 aromatic rings. The maximum absolute atomic E-state index is 12.4. The van der Waals surface area contributed by atoms with E-state index in [4.69, 9.17) is 4.98 Å². The second-order valence-electron chi connectivity index (χ2n) is 7.44. The van der Waals surface area contributed by atoms with Crippen molar-refractivity contribution < 1.29 is 4.79 Å². The molecule has 1 amide bonds. The van der Waals surface area contributed by atoms with E-state index in [0.717, 1.165) is 38.8 Å². The Labute approximate surface area is 185 Å². The van der Waals surface area contributed by atoms with Gasteiger partial charge in [-0.05, 0) is 19.4 Å². The Kier molecular flexibility index (Phi) is 6.09. The SMILES string of the molecule is Cc1cc(=O)cc(C)n1CC(=O)NCc1ccc(-c2nc(-c3ccccc3)cs2)cc1. The van der Waals surface area contributed by atoms with Crippen LogP contribution in [-0.2, 0) is 17.9 Å². The zero-order valence-corrected chi connectivity index (χ0v) is 18.3. The number of aryl methyl sites for hydroxylation is 2. The Balaban J connectivity index is 1.38. The number of carbonyl (C=O) groups excluding carboxylic acids is 1. The summed E-state index contributed by atoms with van der Waals surface area (Å²) in [5.74, 6) is -0.0913. The third kappa shape index (κ3) is 4.98. The van der Waals surface area contributed by atoms with Crippen LogP contribution in [0, 0.1) is 13.8 Å². The van der Waals surface area contributed by atoms with Gasteiger partial charge in [0.2, 0.25) is 5.91 Å². The monoisotopic (exact) mass is 429 g/mol. The molecule has 0 bridgehead atoms. The molecule has 6 heteroatoms. The molecule has 31 heavy (non-hydrogen) atoms. The van der Waals surface area contributed by atoms with E-state index in [0.29, 0.717) is 6.54 Å². The molecule has 0 aliphatic heterocycles. The van der Waals surface area contributed by atoms with Crippen molar-refractivity contribution in [1.29, 1.82) is 0 Å². The molecular weight excluding hydrogens is 406 g/mol. The average Bonchev–Trinajstić information content (AvgIpc) is 3.26. The molecule has 2 aromatic heterocycles. The molecule has 0 aliphatic rings. The molecule has 1 N–H and O–H groups in total. The van der Waals surface area contributed by atoms with Gasteiger partial charge in [-0.15, -0.1) is 11.3 Å². The maximum Gasteiger partial charge on any atom is 0.240 e. The summed E-state index contributed by atoms with van der Waals surface area (Å²) >= 11 is 1.62. The van der Waals surface area contributed by atoms with Gasteiger partial charge in [-0.2, -0.15) is 0 Å². The van der Waals surface area contributed by atoms with Gasteiger partial charge in [0.15, 0.2) is 5.43 Å². The minimum atomic E-state index is -0.0913. The molecule has 156 valence electrons. The highest BCUT2D eigenvalue weighted by Crippen LogP contribution is 2.28. The van der Waals surface area contributed by atoms with Crippen LogP contribution in [-0.4, -0.2) is 15.5 Å². The van der Waals surface area contributed by atoms with Gasteiger partial charge in [-0.3, -0.25) is 9.59 Å². The number of hydrogen-bond donors (Lipinski definition) is 1. The highest BCUT2D eigenvalue weighted by atomic mass is 32.1. The van der Waals surface area contributed by atoms with Gasteiger partial charge in [0.25, 0.3) is 0 Å². The van der Waals surface area contributed by atoms with Crippen molar-refractivity contribution in [2.75, 3.05) is 0 Å². The van der Waals surface area contributed by atoms with Gasteiger partial charge in [0.1, 0.15) is 11.6 Å². The van der Waals surface area contributed by atoms with Crippen molar-refractivity contribution in [2.45, 2.75) is 26.9 Å². The fourth-order valence-electron chi connectivity index (χ4n) is 3.45. The standard InChI is InChI=1S/C25H23N3O2S/c1-17-12-22(29)13-18(2)28(17)15-24(30)26-14-19-8-10-21(11-9-19)25-27-23(16-31-25)20-6-4-3-5-7-20/h3-13,16H,14-15H2,1-2H3,(H,26,30). The first-order chi connectivity index (χ1) is 15.0. The van der Waals surface area contributed by atoms with Crippen LogP contribution in [0.2, 0.25) is 0 Å². The fraction of sp³-hybridized carbons (Fsp3) is 0.160. The first-order valence-corrected chi connectivity index (χ1v) is 10.9. The second-order valence-corrected chi connectivity index (χ2v) is 8.30. The van der Waals surface area contributed by atoms with Gasteiger partial charge in [-0.1, -0.05) is 54.6 Å². The molecule has 0 unspecified atom stereocenters. The minimum absolute atomic E-state index is 0.0390. The van der Waals surface area contributed by atoms with Crippen molar-refractivity contribution in [1.82, 2.24) is 14.9 Å². The van der Waals surface area contributed by atoms with Crippen molar-refractivity contribution in [3.05, 3.63) is 99.3 Å². The van der Waals surface area contributed by atoms with Crippen LogP contribution in [0.15, 0.2) is 76.9 Å². The lowest BCUT2D eigenvalue weighted by molar-refractivity contribution is -0.121. The summed E-state index contributed by atoms with van der Waals surface area (Å²) in [7, 11) is 0. The van der Waals surface area contributed by atoms with E-state index in [1.807, 2.05) is 60.9 Å². The molecule has 0 atom stereocenters. The predicted octanol–water partition coefficient (Wildman–Crippen LogP) is 4.57. The van der Waals surface area contributed by atoms with Gasteiger partial charge >= 0.3 is 0 Å². The van der Waals surface area contributed by atoms with Gasteiger partial charge in [0.05, 0.1) is 5.69 Å². The molecule has 0 saturated carbocycles. The van der Waals surface area contributed by atoms with E-state index in [1.54, 1.807) is 23.5 Å². The van der Waals surface area contributed by atoms with Crippen molar-refractivity contribution in [3.63, 3.8) is 0 Å². The normalized spacial score (nSPS) is 10.8. The topological polar surface area (TPSA) is 64.0 Å². The number of pyridine rings is 1. The summed E-state index contributed by atoms with van der Waals surface area (Å²) in [6.45, 7) is 4.31. The quantitative estimate of drug-likeness (QED) is 0.488. The highest BCUT2D eigenvalue weighted by molar-refractivity contribution is 7.13. The number of rotatable bonds is 6. The van der Waals surface area contributed by atoms with Crippen molar-refractivity contribution >= 4 is 17.2 Å². The van der Waals surface area contributed by atoms with Gasteiger partial charge in [-0.25, -0.2) is 4.98 Å². The van der Waals surface area contributed by atoms with Crippen molar-refractivity contribution in [2.24, 2.45) is 0 Å². The van der Waals surface area contributed by atoms with Crippen LogP contribution in [0.1, 0.15) is 17.0 Å². The van der Waals surface area contributed by atoms with Gasteiger partial charge < -0.3 is 9.88 Å². The first-order valence-electron chi connectivity index (χ1n) is 10.0. The highest BCUT2D eigenvalue weighted by Gasteiger charge is 2.09. The summed E-state index contributed by atoms with van der Waals surface area (Å²) in [6, 6.07) is 21.3. The predicted molar refractivity (Wildman–Crippen MR) is 125 cm³/mol. The molecule has 0 radical (unpaired) electrons. The number of carbonyl (C=O) groups is 1. The lowest BCUT2D eigenvalue weighted by Crippen LogP contribution is -2.29. The molecule has 2 heterocycles. The second kappa shape index (κ2) is 9.10. The molecule has 0 spiro atoms. The van der Waals surface area contributed by atoms with Crippen LogP contribution in [0.25, 0.3) is 21.8 Å². The number of benzene rings is 2. The maximum atomic E-state index is 12.4. The Hall–Kier alpha value is -3.51. The Morgan fingerprint density at radius 3 is 2.32 bits per heavy atom. The number of hydrogen-bond acceptors (Lipinski definition) is 4. The molecule has 0 fully saturated rings. The third-order valence-electron chi connectivity index (χ3n) is 5.12. The molecule has 5 nitrogen and oxygen atoms in total. The average molecular weight is 430 g/mol. The summed E-state index contributed by atoms with van der Waals surface area (Å²) in [5.41, 5.74) is 5.68. The minimum Gasteiger partial charge on any atom is -0.350 e. The molecule has 4 rings (SSSR count). The van der Waals surface area contributed by atoms with Crippen molar-refractivity contribution in [3.8, 4) is 21.8 Å². The van der Waals surface area contributed by atoms with E-state index in [9.17, 15) is 9.59 Å². The Bertz CT molecular complexity index is 1230. The summed E-state index contributed by atoms with van der Waals surface area (Å²) in [4.78, 5) is 28.7. The van der Waals surface area contributed by atoms with Crippen LogP contribution in [0.3, 0.4) is 0 Å². The molecular formula is C25H23N3O2S. The van der Waals surface area contributed by atoms with E-state index in [2.05, 4.69) is 22.8 Å². The first kappa shape index (κ1) is 20.8. The summed E-state index contributed by atoms with van der Waals surface area (Å²) in [6.07, 6.45) is 0. The Morgan fingerprint density at radius 2 is 1.65 bits per heavy atom. The van der Waals surface area contributed by atoms with Crippen LogP contribution >= 0.6 is 11.3 Å². The Morgan fingerprint density at radius 1 is 0.968 bits per heavy atom. The number of aromatic nitrogens is 2. The molecule has 0 aliphatic carbocycles. The van der Waals surface area contributed by atoms with E-state index >= 15 is 0 Å². The number of thiazole rings is 1. The molecule has 0 saturated heterocycles. The van der Waals surface area contributed by atoms with E-state index in [-0.39, 0.29) is 17.9 Å². The lowest BCUT2D eigenvalue weighted by atomic mass is 10.1. The molecule has 2 aromatic carbocycles. The number of amides is 1. The zero-order chi connectivity index (χ0) is 21.8. The van der Waals surface area contributed by atoms with Gasteiger partial charge in [0, 0.05) is 46.6 Å². The number of nitrogens with zero attached hydrogens (tertiary/aromatic N) is 2. The summed E-state index contributed by atoms with van der Waals surface area (Å²) in [5, 5.41) is 5.99. The van der Waals surface area contributed by atoms with Crippen LogP contribution in [0.4, 0.5) is 0 Å². The van der Waals surface area contributed by atoms with Crippen LogP contribution < -0.4 is 10.7 Å². The largest absolute Gasteiger partial charge is 0.350 e. The lowest BCUT2D eigenvalue weighted by Gasteiger charge is -2.14.